The number of methoxy groups -OCH3 is 1. The lowest BCUT2D eigenvalue weighted by atomic mass is 10.00. The maximum atomic E-state index is 13.6. The van der Waals surface area contributed by atoms with Crippen LogP contribution in [0.3, 0.4) is 0 Å². The highest BCUT2D eigenvalue weighted by Crippen LogP contribution is 2.34. The number of thiophene rings is 1. The number of carbonyl (C=O) groups is 2. The van der Waals surface area contributed by atoms with Gasteiger partial charge in [0.1, 0.15) is 18.1 Å². The predicted octanol–water partition coefficient (Wildman–Crippen LogP) is 4.32. The van der Waals surface area contributed by atoms with Gasteiger partial charge in [-0.2, -0.15) is 0 Å². The molecule has 0 radical (unpaired) electrons. The first-order valence-electron chi connectivity index (χ1n) is 12.5. The van der Waals surface area contributed by atoms with E-state index in [-0.39, 0.29) is 36.4 Å². The van der Waals surface area contributed by atoms with E-state index in [2.05, 4.69) is 11.4 Å². The predicted molar refractivity (Wildman–Crippen MR) is 136 cm³/mol. The largest absolute Gasteiger partial charge is 0.497 e. The lowest BCUT2D eigenvalue weighted by Gasteiger charge is -2.37. The molecule has 1 saturated heterocycles. The second-order valence-electron chi connectivity index (χ2n) is 9.65. The highest BCUT2D eigenvalue weighted by atomic mass is 32.1. The van der Waals surface area contributed by atoms with E-state index in [1.165, 1.54) is 4.88 Å². The van der Waals surface area contributed by atoms with Crippen LogP contribution in [-0.4, -0.2) is 67.7 Å². The van der Waals surface area contributed by atoms with E-state index in [4.69, 9.17) is 14.2 Å². The van der Waals surface area contributed by atoms with Crippen LogP contribution in [0.25, 0.3) is 0 Å². The third-order valence-corrected chi connectivity index (χ3v) is 7.57. The fraction of sp³-hybridized carbons (Fsp3) is 0.556. The van der Waals surface area contributed by atoms with Crippen LogP contribution in [0.2, 0.25) is 0 Å². The number of nitrogens with zero attached hydrogens (tertiary/aromatic N) is 2. The van der Waals surface area contributed by atoms with E-state index < -0.39 is 0 Å². The molecule has 0 aliphatic carbocycles. The summed E-state index contributed by atoms with van der Waals surface area (Å²) in [5.41, 5.74) is 1.14. The third kappa shape index (κ3) is 6.55. The first kappa shape index (κ1) is 25.5. The SMILES string of the molecule is COc1cccc(OC[C@H]2c3ccsc3CCN2C(=O)CN(C[C@@H]2CCCO2)C(=O)CC(C)C)c1. The van der Waals surface area contributed by atoms with Gasteiger partial charge in [-0.05, 0) is 54.3 Å². The summed E-state index contributed by atoms with van der Waals surface area (Å²) in [6.45, 7) is 6.28. The second-order valence-corrected chi connectivity index (χ2v) is 10.6. The minimum Gasteiger partial charge on any atom is -0.497 e. The number of hydrogen-bond acceptors (Lipinski definition) is 6. The van der Waals surface area contributed by atoms with Crippen LogP contribution >= 0.6 is 11.3 Å². The van der Waals surface area contributed by atoms with Crippen LogP contribution in [-0.2, 0) is 20.7 Å². The average molecular weight is 501 g/mol. The van der Waals surface area contributed by atoms with Crippen LogP contribution in [0.1, 0.15) is 49.6 Å². The van der Waals surface area contributed by atoms with Crippen molar-refractivity contribution in [2.24, 2.45) is 5.92 Å². The Kier molecular flexibility index (Phi) is 8.68. The molecule has 2 aliphatic rings. The van der Waals surface area contributed by atoms with Crippen molar-refractivity contribution < 1.29 is 23.8 Å². The van der Waals surface area contributed by atoms with Crippen LogP contribution in [0.4, 0.5) is 0 Å². The Hall–Kier alpha value is -2.58. The summed E-state index contributed by atoms with van der Waals surface area (Å²) in [7, 11) is 1.63. The highest BCUT2D eigenvalue weighted by molar-refractivity contribution is 7.10. The van der Waals surface area contributed by atoms with Crippen molar-refractivity contribution in [3.05, 3.63) is 46.2 Å². The molecule has 8 heteroatoms. The molecule has 1 fully saturated rings. The van der Waals surface area contributed by atoms with Gasteiger partial charge in [-0.25, -0.2) is 0 Å². The number of rotatable bonds is 10. The molecule has 0 bridgehead atoms. The Balaban J connectivity index is 1.49. The molecule has 190 valence electrons. The highest BCUT2D eigenvalue weighted by Gasteiger charge is 2.34. The molecule has 1 aromatic carbocycles. The zero-order valence-electron chi connectivity index (χ0n) is 20.9. The average Bonchev–Trinajstić information content (AvgIpc) is 3.53. The van der Waals surface area contributed by atoms with E-state index in [1.807, 2.05) is 43.0 Å². The maximum Gasteiger partial charge on any atom is 0.242 e. The summed E-state index contributed by atoms with van der Waals surface area (Å²) in [6, 6.07) is 9.38. The summed E-state index contributed by atoms with van der Waals surface area (Å²) < 4.78 is 17.2. The Labute approximate surface area is 212 Å². The van der Waals surface area contributed by atoms with Gasteiger partial charge in [-0.3, -0.25) is 9.59 Å². The topological polar surface area (TPSA) is 68.3 Å². The van der Waals surface area contributed by atoms with E-state index in [0.717, 1.165) is 37.2 Å². The third-order valence-electron chi connectivity index (χ3n) is 6.57. The molecular weight excluding hydrogens is 464 g/mol. The monoisotopic (exact) mass is 500 g/mol. The number of benzene rings is 1. The molecule has 0 saturated carbocycles. The van der Waals surface area contributed by atoms with Gasteiger partial charge in [-0.1, -0.05) is 19.9 Å². The minimum atomic E-state index is -0.200. The summed E-state index contributed by atoms with van der Waals surface area (Å²) in [5.74, 6) is 1.63. The van der Waals surface area contributed by atoms with Crippen LogP contribution in [0, 0.1) is 5.92 Å². The normalized spacial score (nSPS) is 19.5. The van der Waals surface area contributed by atoms with Crippen LogP contribution in [0.5, 0.6) is 11.5 Å². The molecule has 3 heterocycles. The summed E-state index contributed by atoms with van der Waals surface area (Å²) in [5, 5.41) is 2.08. The van der Waals surface area contributed by atoms with Gasteiger partial charge < -0.3 is 24.0 Å². The number of amides is 2. The molecule has 2 aliphatic heterocycles. The van der Waals surface area contributed by atoms with E-state index in [1.54, 1.807) is 23.3 Å². The molecule has 2 amide bonds. The Bertz CT molecular complexity index is 1000. The van der Waals surface area contributed by atoms with Gasteiger partial charge >= 0.3 is 0 Å². The van der Waals surface area contributed by atoms with Gasteiger partial charge in [0.15, 0.2) is 0 Å². The molecular formula is C27H36N2O5S. The Morgan fingerprint density at radius 2 is 2.09 bits per heavy atom. The van der Waals surface area contributed by atoms with E-state index >= 15 is 0 Å². The molecule has 0 spiro atoms. The number of hydrogen-bond donors (Lipinski definition) is 0. The molecule has 2 atom stereocenters. The summed E-state index contributed by atoms with van der Waals surface area (Å²) in [6.07, 6.45) is 3.19. The fourth-order valence-corrected chi connectivity index (χ4v) is 5.69. The van der Waals surface area contributed by atoms with E-state index in [0.29, 0.717) is 31.9 Å². The van der Waals surface area contributed by atoms with Gasteiger partial charge in [0.05, 0.1) is 25.8 Å². The number of ether oxygens (including phenoxy) is 3. The van der Waals surface area contributed by atoms with Gasteiger partial charge in [0.25, 0.3) is 0 Å². The summed E-state index contributed by atoms with van der Waals surface area (Å²) >= 11 is 1.72. The van der Waals surface area contributed by atoms with Crippen molar-refractivity contribution in [3.63, 3.8) is 0 Å². The lowest BCUT2D eigenvalue weighted by Crippen LogP contribution is -2.49. The Morgan fingerprint density at radius 3 is 2.83 bits per heavy atom. The van der Waals surface area contributed by atoms with Crippen molar-refractivity contribution >= 4 is 23.2 Å². The van der Waals surface area contributed by atoms with Gasteiger partial charge in [0, 0.05) is 37.1 Å². The second kappa shape index (κ2) is 11.9. The minimum absolute atomic E-state index is 0.0101. The zero-order valence-corrected chi connectivity index (χ0v) is 21.7. The zero-order chi connectivity index (χ0) is 24.8. The van der Waals surface area contributed by atoms with Crippen molar-refractivity contribution in [3.8, 4) is 11.5 Å². The molecule has 0 N–H and O–H groups in total. The lowest BCUT2D eigenvalue weighted by molar-refractivity contribution is -0.144. The Morgan fingerprint density at radius 1 is 1.26 bits per heavy atom. The molecule has 4 rings (SSSR count). The smallest absolute Gasteiger partial charge is 0.242 e. The van der Waals surface area contributed by atoms with Crippen LogP contribution in [0.15, 0.2) is 35.7 Å². The molecule has 0 unspecified atom stereocenters. The maximum absolute atomic E-state index is 13.6. The van der Waals surface area contributed by atoms with Gasteiger partial charge in [-0.15, -0.1) is 11.3 Å². The molecule has 1 aromatic heterocycles. The fourth-order valence-electron chi connectivity index (χ4n) is 4.76. The van der Waals surface area contributed by atoms with Crippen molar-refractivity contribution in [2.45, 2.75) is 51.7 Å². The number of carbonyl (C=O) groups excluding carboxylic acids is 2. The molecule has 2 aromatic rings. The molecule has 7 nitrogen and oxygen atoms in total. The van der Waals surface area contributed by atoms with Crippen LogP contribution < -0.4 is 9.47 Å². The van der Waals surface area contributed by atoms with Crippen molar-refractivity contribution in [1.29, 1.82) is 0 Å². The van der Waals surface area contributed by atoms with Crippen molar-refractivity contribution in [1.82, 2.24) is 9.80 Å². The first-order chi connectivity index (χ1) is 16.9. The quantitative estimate of drug-likeness (QED) is 0.486. The van der Waals surface area contributed by atoms with Crippen molar-refractivity contribution in [2.75, 3.05) is 40.0 Å². The van der Waals surface area contributed by atoms with Gasteiger partial charge in [0.2, 0.25) is 11.8 Å². The number of fused-ring (bicyclic) bond motifs is 1. The summed E-state index contributed by atoms with van der Waals surface area (Å²) in [4.78, 5) is 31.6. The first-order valence-corrected chi connectivity index (χ1v) is 13.3. The molecule has 35 heavy (non-hydrogen) atoms. The standard InChI is InChI=1S/C27H36N2O5S/c1-19(2)14-26(30)28(16-22-8-5-12-33-22)17-27(31)29-11-9-25-23(10-13-35-25)24(29)18-34-21-7-4-6-20(15-21)32-3/h4,6-7,10,13,15,19,22,24H,5,8-9,11-12,14,16-18H2,1-3H3/t22-,24-/m0/s1. The van der Waals surface area contributed by atoms with E-state index in [9.17, 15) is 9.59 Å².